The summed E-state index contributed by atoms with van der Waals surface area (Å²) >= 11 is 0. The normalized spacial score (nSPS) is 23.1. The van der Waals surface area contributed by atoms with E-state index in [2.05, 4.69) is 11.9 Å². The first-order valence-electron chi connectivity index (χ1n) is 6.46. The van der Waals surface area contributed by atoms with E-state index in [-0.39, 0.29) is 5.92 Å². The second-order valence-corrected chi connectivity index (χ2v) is 5.00. The molecule has 0 bridgehead atoms. The molecule has 1 aromatic rings. The van der Waals surface area contributed by atoms with E-state index < -0.39 is 17.6 Å². The number of alkyl halides is 3. The van der Waals surface area contributed by atoms with E-state index in [4.69, 9.17) is 4.74 Å². The molecule has 1 heterocycles. The molecule has 2 rings (SSSR count). The molecule has 0 saturated carbocycles. The van der Waals surface area contributed by atoms with E-state index in [9.17, 15) is 13.2 Å². The van der Waals surface area contributed by atoms with Gasteiger partial charge in [-0.2, -0.15) is 13.2 Å². The molecule has 0 N–H and O–H groups in total. The third-order valence-electron chi connectivity index (χ3n) is 3.41. The number of pyridine rings is 1. The van der Waals surface area contributed by atoms with Gasteiger partial charge in [0.25, 0.3) is 0 Å². The Morgan fingerprint density at radius 3 is 2.75 bits per heavy atom. The molecule has 5 heteroatoms. The SMILES string of the molecule is CC1C=C(Oc2ncccc2C(F)(F)F)C=CCC1C. The summed E-state index contributed by atoms with van der Waals surface area (Å²) in [7, 11) is 0. The summed E-state index contributed by atoms with van der Waals surface area (Å²) in [6.07, 6.45) is 3.14. The third-order valence-corrected chi connectivity index (χ3v) is 3.41. The smallest absolute Gasteiger partial charge is 0.421 e. The Kier molecular flexibility index (Phi) is 4.16. The molecule has 1 aliphatic rings. The van der Waals surface area contributed by atoms with Gasteiger partial charge in [-0.15, -0.1) is 0 Å². The fourth-order valence-electron chi connectivity index (χ4n) is 1.96. The molecule has 2 nitrogen and oxygen atoms in total. The van der Waals surface area contributed by atoms with Crippen molar-refractivity contribution < 1.29 is 17.9 Å². The minimum atomic E-state index is -4.47. The van der Waals surface area contributed by atoms with E-state index in [1.807, 2.05) is 19.1 Å². The number of nitrogens with zero attached hydrogens (tertiary/aromatic N) is 1. The Hall–Kier alpha value is -1.78. The van der Waals surface area contributed by atoms with Crippen LogP contribution < -0.4 is 4.74 Å². The lowest BCUT2D eigenvalue weighted by atomic mass is 9.94. The zero-order valence-corrected chi connectivity index (χ0v) is 11.3. The van der Waals surface area contributed by atoms with Crippen LogP contribution in [0.3, 0.4) is 0 Å². The summed E-state index contributed by atoms with van der Waals surface area (Å²) in [6.45, 7) is 4.11. The molecular formula is C15H16F3NO. The van der Waals surface area contributed by atoms with Crippen LogP contribution in [0.15, 0.2) is 42.3 Å². The molecule has 2 atom stereocenters. The molecule has 0 spiro atoms. The molecule has 1 aliphatic carbocycles. The van der Waals surface area contributed by atoms with Crippen molar-refractivity contribution in [2.75, 3.05) is 0 Å². The molecule has 0 amide bonds. The Morgan fingerprint density at radius 2 is 2.05 bits per heavy atom. The van der Waals surface area contributed by atoms with Gasteiger partial charge in [-0.3, -0.25) is 0 Å². The van der Waals surface area contributed by atoms with E-state index in [0.717, 1.165) is 12.5 Å². The van der Waals surface area contributed by atoms with Gasteiger partial charge in [-0.1, -0.05) is 19.9 Å². The Bertz CT molecular complexity index is 534. The topological polar surface area (TPSA) is 22.1 Å². The van der Waals surface area contributed by atoms with Gasteiger partial charge in [0.2, 0.25) is 5.88 Å². The van der Waals surface area contributed by atoms with Crippen molar-refractivity contribution in [3.05, 3.63) is 47.9 Å². The van der Waals surface area contributed by atoms with Crippen molar-refractivity contribution in [1.29, 1.82) is 0 Å². The standard InChI is InChI=1S/C15H16F3NO/c1-10-5-3-6-12(9-11(10)2)20-14-13(15(16,17)18)7-4-8-19-14/h3-4,6-11H,5H2,1-2H3. The van der Waals surface area contributed by atoms with Crippen molar-refractivity contribution in [3.63, 3.8) is 0 Å². The number of halogens is 3. The van der Waals surface area contributed by atoms with Crippen LogP contribution in [-0.4, -0.2) is 4.98 Å². The minimum absolute atomic E-state index is 0.234. The summed E-state index contributed by atoms with van der Waals surface area (Å²) in [5.41, 5.74) is -0.862. The maximum atomic E-state index is 12.9. The van der Waals surface area contributed by atoms with Crippen LogP contribution in [0.1, 0.15) is 25.8 Å². The van der Waals surface area contributed by atoms with Gasteiger partial charge in [0.15, 0.2) is 0 Å². The van der Waals surface area contributed by atoms with Crippen molar-refractivity contribution >= 4 is 0 Å². The molecule has 108 valence electrons. The van der Waals surface area contributed by atoms with Crippen molar-refractivity contribution in [2.45, 2.75) is 26.4 Å². The number of rotatable bonds is 2. The predicted molar refractivity (Wildman–Crippen MR) is 70.0 cm³/mol. The van der Waals surface area contributed by atoms with Gasteiger partial charge in [0, 0.05) is 6.20 Å². The summed E-state index contributed by atoms with van der Waals surface area (Å²) < 4.78 is 43.9. The van der Waals surface area contributed by atoms with Gasteiger partial charge in [0.05, 0.1) is 0 Å². The van der Waals surface area contributed by atoms with Crippen LogP contribution in [0.5, 0.6) is 5.88 Å². The quantitative estimate of drug-likeness (QED) is 0.791. The molecule has 0 aliphatic heterocycles. The highest BCUT2D eigenvalue weighted by molar-refractivity contribution is 5.31. The lowest BCUT2D eigenvalue weighted by Gasteiger charge is -2.14. The largest absolute Gasteiger partial charge is 0.439 e. The second kappa shape index (κ2) is 5.69. The van der Waals surface area contributed by atoms with E-state index >= 15 is 0 Å². The van der Waals surface area contributed by atoms with Crippen LogP contribution in [0.4, 0.5) is 13.2 Å². The number of hydrogen-bond donors (Lipinski definition) is 0. The van der Waals surface area contributed by atoms with Gasteiger partial charge in [-0.25, -0.2) is 4.98 Å². The van der Waals surface area contributed by atoms with Crippen molar-refractivity contribution in [2.24, 2.45) is 11.8 Å². The molecule has 2 unspecified atom stereocenters. The first-order chi connectivity index (χ1) is 9.38. The Balaban J connectivity index is 2.29. The minimum Gasteiger partial charge on any atom is -0.439 e. The zero-order chi connectivity index (χ0) is 14.8. The highest BCUT2D eigenvalue weighted by Crippen LogP contribution is 2.35. The molecule has 0 radical (unpaired) electrons. The highest BCUT2D eigenvalue weighted by atomic mass is 19.4. The molecular weight excluding hydrogens is 267 g/mol. The molecule has 1 aromatic heterocycles. The van der Waals surface area contributed by atoms with Crippen molar-refractivity contribution in [1.82, 2.24) is 4.98 Å². The molecule has 0 aromatic carbocycles. The number of ether oxygens (including phenoxy) is 1. The fourth-order valence-corrected chi connectivity index (χ4v) is 1.96. The monoisotopic (exact) mass is 283 g/mol. The van der Waals surface area contributed by atoms with E-state index in [1.165, 1.54) is 12.3 Å². The Labute approximate surface area is 116 Å². The lowest BCUT2D eigenvalue weighted by Crippen LogP contribution is -2.10. The third kappa shape index (κ3) is 3.40. The van der Waals surface area contributed by atoms with Crippen LogP contribution >= 0.6 is 0 Å². The van der Waals surface area contributed by atoms with Crippen molar-refractivity contribution in [3.8, 4) is 5.88 Å². The van der Waals surface area contributed by atoms with Gasteiger partial charge >= 0.3 is 6.18 Å². The van der Waals surface area contributed by atoms with E-state index in [1.54, 1.807) is 6.08 Å². The highest BCUT2D eigenvalue weighted by Gasteiger charge is 2.35. The molecule has 0 saturated heterocycles. The maximum absolute atomic E-state index is 12.9. The fraction of sp³-hybridized carbons (Fsp3) is 0.400. The average molecular weight is 283 g/mol. The lowest BCUT2D eigenvalue weighted by molar-refractivity contribution is -0.139. The first kappa shape index (κ1) is 14.6. The van der Waals surface area contributed by atoms with Crippen LogP contribution in [0.25, 0.3) is 0 Å². The number of hydrogen-bond acceptors (Lipinski definition) is 2. The second-order valence-electron chi connectivity index (χ2n) is 5.00. The van der Waals surface area contributed by atoms with Gasteiger partial charge in [0.1, 0.15) is 11.3 Å². The average Bonchev–Trinajstić information content (AvgIpc) is 2.51. The number of aromatic nitrogens is 1. The Morgan fingerprint density at radius 1 is 1.30 bits per heavy atom. The summed E-state index contributed by atoms with van der Waals surface area (Å²) in [6, 6.07) is 2.22. The predicted octanol–water partition coefficient (Wildman–Crippen LogP) is 4.60. The van der Waals surface area contributed by atoms with Crippen LogP contribution in [-0.2, 0) is 6.18 Å². The van der Waals surface area contributed by atoms with E-state index in [0.29, 0.717) is 11.7 Å². The summed E-state index contributed by atoms with van der Waals surface area (Å²) in [5.74, 6) is 0.667. The summed E-state index contributed by atoms with van der Waals surface area (Å²) in [5, 5.41) is 0. The maximum Gasteiger partial charge on any atom is 0.421 e. The molecule has 20 heavy (non-hydrogen) atoms. The van der Waals surface area contributed by atoms with Gasteiger partial charge < -0.3 is 4.74 Å². The first-order valence-corrected chi connectivity index (χ1v) is 6.46. The summed E-state index contributed by atoms with van der Waals surface area (Å²) in [4.78, 5) is 3.70. The number of allylic oxidation sites excluding steroid dienone is 3. The van der Waals surface area contributed by atoms with Gasteiger partial charge in [-0.05, 0) is 42.5 Å². The molecule has 0 fully saturated rings. The van der Waals surface area contributed by atoms with Crippen LogP contribution in [0, 0.1) is 11.8 Å². The van der Waals surface area contributed by atoms with Crippen LogP contribution in [0.2, 0.25) is 0 Å². The zero-order valence-electron chi connectivity index (χ0n) is 11.3.